The van der Waals surface area contributed by atoms with Gasteiger partial charge in [-0.2, -0.15) is 0 Å². The second-order valence-electron chi connectivity index (χ2n) is 3.25. The van der Waals surface area contributed by atoms with Crippen LogP contribution in [0.2, 0.25) is 0 Å². The SMILES string of the molecule is CNCC(O)C(O)c1sc(C)nc1C. The first-order chi connectivity index (χ1) is 6.56. The van der Waals surface area contributed by atoms with Crippen molar-refractivity contribution in [2.45, 2.75) is 26.1 Å². The number of aliphatic hydroxyl groups excluding tert-OH is 2. The van der Waals surface area contributed by atoms with Crippen LogP contribution in [-0.4, -0.2) is 34.9 Å². The first kappa shape index (κ1) is 11.6. The summed E-state index contributed by atoms with van der Waals surface area (Å²) < 4.78 is 0. The average molecular weight is 216 g/mol. The van der Waals surface area contributed by atoms with Gasteiger partial charge in [-0.3, -0.25) is 0 Å². The molecule has 0 aliphatic heterocycles. The van der Waals surface area contributed by atoms with Gasteiger partial charge in [0.2, 0.25) is 0 Å². The molecule has 0 bridgehead atoms. The normalized spacial score (nSPS) is 15.5. The Kier molecular flexibility index (Phi) is 4.00. The Balaban J connectivity index is 2.77. The van der Waals surface area contributed by atoms with Gasteiger partial charge >= 0.3 is 0 Å². The van der Waals surface area contributed by atoms with Crippen molar-refractivity contribution in [1.29, 1.82) is 0 Å². The van der Waals surface area contributed by atoms with Gasteiger partial charge in [-0.1, -0.05) is 0 Å². The molecule has 0 saturated carbocycles. The number of rotatable bonds is 4. The summed E-state index contributed by atoms with van der Waals surface area (Å²) in [7, 11) is 1.74. The van der Waals surface area contributed by atoms with Gasteiger partial charge in [0, 0.05) is 6.54 Å². The van der Waals surface area contributed by atoms with E-state index in [4.69, 9.17) is 0 Å². The van der Waals surface area contributed by atoms with Crippen LogP contribution in [0.1, 0.15) is 21.7 Å². The Morgan fingerprint density at radius 3 is 2.50 bits per heavy atom. The van der Waals surface area contributed by atoms with Crippen molar-refractivity contribution >= 4 is 11.3 Å². The van der Waals surface area contributed by atoms with Gasteiger partial charge in [-0.05, 0) is 20.9 Å². The van der Waals surface area contributed by atoms with Gasteiger partial charge in [0.25, 0.3) is 0 Å². The summed E-state index contributed by atoms with van der Waals surface area (Å²) in [6.07, 6.45) is -1.62. The van der Waals surface area contributed by atoms with Crippen LogP contribution in [0.3, 0.4) is 0 Å². The molecule has 1 aromatic rings. The molecule has 0 aliphatic carbocycles. The second-order valence-corrected chi connectivity index (χ2v) is 4.49. The number of hydrogen-bond donors (Lipinski definition) is 3. The molecule has 5 heteroatoms. The summed E-state index contributed by atoms with van der Waals surface area (Å²) in [5.41, 5.74) is 0.801. The number of nitrogens with zero attached hydrogens (tertiary/aromatic N) is 1. The van der Waals surface area contributed by atoms with E-state index < -0.39 is 12.2 Å². The molecule has 3 N–H and O–H groups in total. The smallest absolute Gasteiger partial charge is 0.117 e. The number of hydrogen-bond acceptors (Lipinski definition) is 5. The second kappa shape index (κ2) is 4.84. The van der Waals surface area contributed by atoms with Gasteiger partial charge < -0.3 is 15.5 Å². The molecule has 2 unspecified atom stereocenters. The van der Waals surface area contributed by atoms with Crippen LogP contribution < -0.4 is 5.32 Å². The Morgan fingerprint density at radius 2 is 2.07 bits per heavy atom. The lowest BCUT2D eigenvalue weighted by Gasteiger charge is -2.16. The van der Waals surface area contributed by atoms with Crippen LogP contribution in [0, 0.1) is 13.8 Å². The maximum Gasteiger partial charge on any atom is 0.117 e. The van der Waals surface area contributed by atoms with E-state index in [0.29, 0.717) is 6.54 Å². The highest BCUT2D eigenvalue weighted by Gasteiger charge is 2.21. The summed E-state index contributed by atoms with van der Waals surface area (Å²) in [5, 5.41) is 23.1. The predicted molar refractivity (Wildman–Crippen MR) is 56.5 cm³/mol. The fraction of sp³-hybridized carbons (Fsp3) is 0.667. The molecular formula is C9H16N2O2S. The molecule has 0 fully saturated rings. The average Bonchev–Trinajstić information content (AvgIpc) is 2.44. The number of nitrogens with one attached hydrogen (secondary N) is 1. The van der Waals surface area contributed by atoms with E-state index in [-0.39, 0.29) is 0 Å². The molecular weight excluding hydrogens is 200 g/mol. The molecule has 1 heterocycles. The third kappa shape index (κ3) is 2.51. The minimum atomic E-state index is -0.839. The highest BCUT2D eigenvalue weighted by Crippen LogP contribution is 2.26. The van der Waals surface area contributed by atoms with E-state index >= 15 is 0 Å². The lowest BCUT2D eigenvalue weighted by molar-refractivity contribution is 0.0219. The highest BCUT2D eigenvalue weighted by atomic mass is 32.1. The van der Waals surface area contributed by atoms with Crippen molar-refractivity contribution in [2.24, 2.45) is 0 Å². The number of thiazole rings is 1. The summed E-state index contributed by atoms with van der Waals surface area (Å²) in [5.74, 6) is 0. The van der Waals surface area contributed by atoms with Crippen LogP contribution in [0.25, 0.3) is 0 Å². The zero-order valence-corrected chi connectivity index (χ0v) is 9.43. The van der Waals surface area contributed by atoms with Crippen molar-refractivity contribution in [2.75, 3.05) is 13.6 Å². The largest absolute Gasteiger partial charge is 0.389 e. The molecule has 4 nitrogen and oxygen atoms in total. The number of aryl methyl sites for hydroxylation is 2. The fourth-order valence-electron chi connectivity index (χ4n) is 1.32. The molecule has 1 aromatic heterocycles. The third-order valence-corrected chi connectivity index (χ3v) is 3.13. The van der Waals surface area contributed by atoms with Crippen LogP contribution in [0.4, 0.5) is 0 Å². The number of aliphatic hydroxyl groups is 2. The van der Waals surface area contributed by atoms with Gasteiger partial charge in [0.15, 0.2) is 0 Å². The van der Waals surface area contributed by atoms with Crippen LogP contribution in [-0.2, 0) is 0 Å². The lowest BCUT2D eigenvalue weighted by Crippen LogP contribution is -2.29. The van der Waals surface area contributed by atoms with E-state index in [2.05, 4.69) is 10.3 Å². The molecule has 0 aliphatic rings. The lowest BCUT2D eigenvalue weighted by atomic mass is 10.1. The molecule has 0 aromatic carbocycles. The Bertz CT molecular complexity index is 301. The Morgan fingerprint density at radius 1 is 1.43 bits per heavy atom. The van der Waals surface area contributed by atoms with E-state index in [1.54, 1.807) is 7.05 Å². The quantitative estimate of drug-likeness (QED) is 0.680. The first-order valence-electron chi connectivity index (χ1n) is 4.51. The standard InChI is InChI=1S/C9H16N2O2S/c1-5-9(14-6(2)11-5)8(13)7(12)4-10-3/h7-8,10,12-13H,4H2,1-3H3. The molecule has 1 rings (SSSR count). The van der Waals surface area contributed by atoms with Crippen molar-refractivity contribution in [3.8, 4) is 0 Å². The van der Waals surface area contributed by atoms with E-state index in [9.17, 15) is 10.2 Å². The van der Waals surface area contributed by atoms with Gasteiger partial charge in [-0.25, -0.2) is 4.98 Å². The Labute approximate surface area is 87.6 Å². The topological polar surface area (TPSA) is 65.4 Å². The maximum absolute atomic E-state index is 9.79. The van der Waals surface area contributed by atoms with E-state index in [1.165, 1.54) is 11.3 Å². The fourth-order valence-corrected chi connectivity index (χ4v) is 2.29. The summed E-state index contributed by atoms with van der Waals surface area (Å²) in [4.78, 5) is 4.96. The van der Waals surface area contributed by atoms with E-state index in [1.807, 2.05) is 13.8 Å². The van der Waals surface area contributed by atoms with Crippen molar-refractivity contribution in [3.05, 3.63) is 15.6 Å². The number of likely N-dealkylation sites (N-methyl/N-ethyl adjacent to an activating group) is 1. The molecule has 14 heavy (non-hydrogen) atoms. The molecule has 0 amide bonds. The minimum Gasteiger partial charge on any atom is -0.389 e. The minimum absolute atomic E-state index is 0.373. The Hall–Kier alpha value is -0.490. The van der Waals surface area contributed by atoms with Gasteiger partial charge in [0.05, 0.1) is 21.7 Å². The summed E-state index contributed by atoms with van der Waals surface area (Å²) >= 11 is 1.43. The van der Waals surface area contributed by atoms with Gasteiger partial charge in [0.1, 0.15) is 6.10 Å². The van der Waals surface area contributed by atoms with Crippen molar-refractivity contribution in [1.82, 2.24) is 10.3 Å². The molecule has 0 radical (unpaired) electrons. The zero-order chi connectivity index (χ0) is 10.7. The summed E-state index contributed by atoms with van der Waals surface area (Å²) in [6, 6.07) is 0. The monoisotopic (exact) mass is 216 g/mol. The highest BCUT2D eigenvalue weighted by molar-refractivity contribution is 7.11. The molecule has 0 saturated heterocycles. The third-order valence-electron chi connectivity index (χ3n) is 1.99. The molecule has 0 spiro atoms. The molecule has 2 atom stereocenters. The molecule has 80 valence electrons. The van der Waals surface area contributed by atoms with Crippen molar-refractivity contribution < 1.29 is 10.2 Å². The van der Waals surface area contributed by atoms with Gasteiger partial charge in [-0.15, -0.1) is 11.3 Å². The van der Waals surface area contributed by atoms with Crippen LogP contribution in [0.5, 0.6) is 0 Å². The first-order valence-corrected chi connectivity index (χ1v) is 5.32. The maximum atomic E-state index is 9.79. The summed E-state index contributed by atoms with van der Waals surface area (Å²) in [6.45, 7) is 4.10. The van der Waals surface area contributed by atoms with Crippen LogP contribution >= 0.6 is 11.3 Å². The van der Waals surface area contributed by atoms with Crippen LogP contribution in [0.15, 0.2) is 0 Å². The predicted octanol–water partition coefficient (Wildman–Crippen LogP) is 0.374. The van der Waals surface area contributed by atoms with E-state index in [0.717, 1.165) is 15.6 Å². The number of aromatic nitrogens is 1. The zero-order valence-electron chi connectivity index (χ0n) is 8.61. The van der Waals surface area contributed by atoms with Crippen molar-refractivity contribution in [3.63, 3.8) is 0 Å².